The zero-order valence-corrected chi connectivity index (χ0v) is 9.48. The second-order valence-electron chi connectivity index (χ2n) is 4.57. The van der Waals surface area contributed by atoms with Gasteiger partial charge in [0.2, 0.25) is 0 Å². The number of nitrogens with zero attached hydrogens (tertiary/aromatic N) is 2. The van der Waals surface area contributed by atoms with E-state index < -0.39 is 0 Å². The normalized spacial score (nSPS) is 27.9. The molecule has 0 spiro atoms. The molecule has 1 heterocycles. The molecule has 1 aliphatic rings. The molecule has 1 N–H and O–H groups in total. The Kier molecular flexibility index (Phi) is 3.31. The van der Waals surface area contributed by atoms with Gasteiger partial charge < -0.3 is 5.32 Å². The summed E-state index contributed by atoms with van der Waals surface area (Å²) in [6, 6.07) is 0.378. The van der Waals surface area contributed by atoms with Gasteiger partial charge in [0.05, 0.1) is 11.7 Å². The standard InChI is InChI=1S/C12H19N3/c1-9-3-4-10(7-9)12(13-2)11-8-14-5-6-15-11/h5-6,8-10,12-13H,3-4,7H2,1-2H3. The number of nitrogens with one attached hydrogen (secondary N) is 1. The molecule has 1 aromatic heterocycles. The molecule has 0 aliphatic heterocycles. The van der Waals surface area contributed by atoms with E-state index in [1.54, 1.807) is 12.4 Å². The smallest absolute Gasteiger partial charge is 0.0758 e. The molecule has 1 aromatic rings. The summed E-state index contributed by atoms with van der Waals surface area (Å²) in [5.74, 6) is 1.59. The van der Waals surface area contributed by atoms with E-state index in [0.29, 0.717) is 6.04 Å². The fourth-order valence-electron chi connectivity index (χ4n) is 2.65. The van der Waals surface area contributed by atoms with Crippen LogP contribution in [0.15, 0.2) is 18.6 Å². The van der Waals surface area contributed by atoms with Crippen molar-refractivity contribution in [2.24, 2.45) is 11.8 Å². The highest BCUT2D eigenvalue weighted by molar-refractivity contribution is 5.05. The number of hydrogen-bond donors (Lipinski definition) is 1. The summed E-state index contributed by atoms with van der Waals surface area (Å²) >= 11 is 0. The van der Waals surface area contributed by atoms with Gasteiger partial charge in [-0.1, -0.05) is 13.3 Å². The third-order valence-electron chi connectivity index (χ3n) is 3.42. The van der Waals surface area contributed by atoms with Gasteiger partial charge in [-0.05, 0) is 31.7 Å². The monoisotopic (exact) mass is 205 g/mol. The first-order chi connectivity index (χ1) is 7.31. The maximum atomic E-state index is 4.39. The zero-order chi connectivity index (χ0) is 10.7. The molecule has 3 nitrogen and oxygen atoms in total. The van der Waals surface area contributed by atoms with Gasteiger partial charge in [0.1, 0.15) is 0 Å². The van der Waals surface area contributed by atoms with Crippen molar-refractivity contribution >= 4 is 0 Å². The van der Waals surface area contributed by atoms with Crippen LogP contribution < -0.4 is 5.32 Å². The maximum Gasteiger partial charge on any atom is 0.0758 e. The van der Waals surface area contributed by atoms with Crippen LogP contribution in [0.4, 0.5) is 0 Å². The largest absolute Gasteiger partial charge is 0.311 e. The van der Waals surface area contributed by atoms with Gasteiger partial charge in [0.15, 0.2) is 0 Å². The quantitative estimate of drug-likeness (QED) is 0.821. The Bertz CT molecular complexity index is 299. The van der Waals surface area contributed by atoms with E-state index in [1.165, 1.54) is 19.3 Å². The van der Waals surface area contributed by atoms with Crippen LogP contribution in [0.2, 0.25) is 0 Å². The number of rotatable bonds is 3. The molecule has 0 aromatic carbocycles. The molecule has 0 bridgehead atoms. The van der Waals surface area contributed by atoms with Crippen LogP contribution in [-0.4, -0.2) is 17.0 Å². The molecular weight excluding hydrogens is 186 g/mol. The van der Waals surface area contributed by atoms with E-state index in [9.17, 15) is 0 Å². The Balaban J connectivity index is 2.11. The van der Waals surface area contributed by atoms with Crippen LogP contribution in [0, 0.1) is 11.8 Å². The van der Waals surface area contributed by atoms with Gasteiger partial charge >= 0.3 is 0 Å². The highest BCUT2D eigenvalue weighted by Crippen LogP contribution is 2.37. The first-order valence-corrected chi connectivity index (χ1v) is 5.74. The summed E-state index contributed by atoms with van der Waals surface area (Å²) in [7, 11) is 2.02. The van der Waals surface area contributed by atoms with E-state index in [2.05, 4.69) is 22.2 Å². The Morgan fingerprint density at radius 2 is 2.27 bits per heavy atom. The van der Waals surface area contributed by atoms with E-state index in [-0.39, 0.29) is 0 Å². The van der Waals surface area contributed by atoms with Gasteiger partial charge in [-0.3, -0.25) is 9.97 Å². The lowest BCUT2D eigenvalue weighted by Crippen LogP contribution is -2.24. The second kappa shape index (κ2) is 4.71. The van der Waals surface area contributed by atoms with Crippen molar-refractivity contribution in [1.29, 1.82) is 0 Å². The first kappa shape index (κ1) is 10.6. The van der Waals surface area contributed by atoms with Crippen molar-refractivity contribution in [2.75, 3.05) is 7.05 Å². The average Bonchev–Trinajstić information content (AvgIpc) is 2.68. The minimum Gasteiger partial charge on any atom is -0.311 e. The summed E-state index contributed by atoms with van der Waals surface area (Å²) in [5.41, 5.74) is 1.08. The molecule has 3 atom stereocenters. The third kappa shape index (κ3) is 2.34. The Morgan fingerprint density at radius 3 is 2.80 bits per heavy atom. The zero-order valence-electron chi connectivity index (χ0n) is 9.48. The van der Waals surface area contributed by atoms with Crippen LogP contribution in [0.25, 0.3) is 0 Å². The average molecular weight is 205 g/mol. The van der Waals surface area contributed by atoms with Crippen LogP contribution in [0.3, 0.4) is 0 Å². The van der Waals surface area contributed by atoms with Crippen LogP contribution >= 0.6 is 0 Å². The summed E-state index contributed by atoms with van der Waals surface area (Å²) in [5, 5.41) is 3.38. The third-order valence-corrected chi connectivity index (χ3v) is 3.42. The second-order valence-corrected chi connectivity index (χ2v) is 4.57. The van der Waals surface area contributed by atoms with Crippen molar-refractivity contribution in [3.8, 4) is 0 Å². The topological polar surface area (TPSA) is 37.8 Å². The van der Waals surface area contributed by atoms with Gasteiger partial charge in [-0.25, -0.2) is 0 Å². The minimum absolute atomic E-state index is 0.378. The summed E-state index contributed by atoms with van der Waals surface area (Å²) in [4.78, 5) is 8.54. The molecule has 0 radical (unpaired) electrons. The van der Waals surface area contributed by atoms with E-state index in [1.807, 2.05) is 13.2 Å². The lowest BCUT2D eigenvalue weighted by atomic mass is 9.95. The number of hydrogen-bond acceptors (Lipinski definition) is 3. The highest BCUT2D eigenvalue weighted by Gasteiger charge is 2.29. The van der Waals surface area contributed by atoms with Crippen LogP contribution in [0.1, 0.15) is 37.9 Å². The van der Waals surface area contributed by atoms with Crippen molar-refractivity contribution in [3.05, 3.63) is 24.3 Å². The molecule has 1 saturated carbocycles. The minimum atomic E-state index is 0.378. The molecule has 2 rings (SSSR count). The summed E-state index contributed by atoms with van der Waals surface area (Å²) in [6.07, 6.45) is 9.35. The van der Waals surface area contributed by atoms with Crippen molar-refractivity contribution in [1.82, 2.24) is 15.3 Å². The lowest BCUT2D eigenvalue weighted by molar-refractivity contribution is 0.371. The lowest BCUT2D eigenvalue weighted by Gasteiger charge is -2.22. The van der Waals surface area contributed by atoms with E-state index >= 15 is 0 Å². The molecule has 3 heteroatoms. The maximum absolute atomic E-state index is 4.39. The number of aromatic nitrogens is 2. The van der Waals surface area contributed by atoms with E-state index in [0.717, 1.165) is 17.5 Å². The highest BCUT2D eigenvalue weighted by atomic mass is 14.9. The fourth-order valence-corrected chi connectivity index (χ4v) is 2.65. The Hall–Kier alpha value is -0.960. The molecule has 0 saturated heterocycles. The molecule has 15 heavy (non-hydrogen) atoms. The van der Waals surface area contributed by atoms with Gasteiger partial charge in [-0.2, -0.15) is 0 Å². The Morgan fingerprint density at radius 1 is 1.40 bits per heavy atom. The molecule has 3 unspecified atom stereocenters. The first-order valence-electron chi connectivity index (χ1n) is 5.74. The van der Waals surface area contributed by atoms with Gasteiger partial charge in [-0.15, -0.1) is 0 Å². The predicted octanol–water partition coefficient (Wildman–Crippen LogP) is 2.17. The molecule has 82 valence electrons. The molecule has 1 fully saturated rings. The SMILES string of the molecule is CNC(c1cnccn1)C1CCC(C)C1. The van der Waals surface area contributed by atoms with E-state index in [4.69, 9.17) is 0 Å². The van der Waals surface area contributed by atoms with Crippen LogP contribution in [0.5, 0.6) is 0 Å². The molecule has 1 aliphatic carbocycles. The van der Waals surface area contributed by atoms with Crippen molar-refractivity contribution < 1.29 is 0 Å². The molecular formula is C12H19N3. The predicted molar refractivity (Wildman–Crippen MR) is 60.3 cm³/mol. The molecule has 0 amide bonds. The fraction of sp³-hybridized carbons (Fsp3) is 0.667. The van der Waals surface area contributed by atoms with Crippen molar-refractivity contribution in [3.63, 3.8) is 0 Å². The van der Waals surface area contributed by atoms with Gasteiger partial charge in [0.25, 0.3) is 0 Å². The summed E-state index contributed by atoms with van der Waals surface area (Å²) in [6.45, 7) is 2.34. The Labute approximate surface area is 91.3 Å². The van der Waals surface area contributed by atoms with Gasteiger partial charge in [0, 0.05) is 18.6 Å². The van der Waals surface area contributed by atoms with Crippen molar-refractivity contribution in [2.45, 2.75) is 32.2 Å². The van der Waals surface area contributed by atoms with Crippen LogP contribution in [-0.2, 0) is 0 Å². The summed E-state index contributed by atoms with van der Waals surface area (Å²) < 4.78 is 0.